The van der Waals surface area contributed by atoms with E-state index in [1.807, 2.05) is 0 Å². The van der Waals surface area contributed by atoms with E-state index in [0.717, 1.165) is 12.1 Å². The van der Waals surface area contributed by atoms with Gasteiger partial charge < -0.3 is 30.8 Å². The molecule has 1 fully saturated rings. The van der Waals surface area contributed by atoms with E-state index in [0.29, 0.717) is 0 Å². The predicted molar refractivity (Wildman–Crippen MR) is 72.7 cm³/mol. The summed E-state index contributed by atoms with van der Waals surface area (Å²) in [6.07, 6.45) is -8.70. The van der Waals surface area contributed by atoms with Gasteiger partial charge in [0.15, 0.2) is 0 Å². The minimum Gasteiger partial charge on any atom is -0.388 e. The van der Waals surface area contributed by atoms with E-state index in [2.05, 4.69) is 5.32 Å². The van der Waals surface area contributed by atoms with E-state index in [-0.39, 0.29) is 10.6 Å². The predicted octanol–water partition coefficient (Wildman–Crippen LogP) is -1.60. The maximum absolute atomic E-state index is 13.3. The van der Waals surface area contributed by atoms with Crippen molar-refractivity contribution in [2.24, 2.45) is 0 Å². The lowest BCUT2D eigenvalue weighted by Crippen LogP contribution is -2.68. The van der Waals surface area contributed by atoms with Gasteiger partial charge in [-0.25, -0.2) is 4.39 Å². The molecule has 1 aliphatic carbocycles. The SMILES string of the molecule is O=C(NC1[C@@H](O)[C@H](O)C(O)[C@H](O)[C@H]1O)c1ccc(Cl)c(F)c1. The van der Waals surface area contributed by atoms with Gasteiger partial charge in [-0.1, -0.05) is 11.6 Å². The Balaban J connectivity index is 2.17. The number of benzene rings is 1. The van der Waals surface area contributed by atoms with Gasteiger partial charge in [-0.15, -0.1) is 0 Å². The van der Waals surface area contributed by atoms with Crippen molar-refractivity contribution in [1.29, 1.82) is 0 Å². The molecule has 2 unspecified atom stereocenters. The fourth-order valence-corrected chi connectivity index (χ4v) is 2.39. The molecule has 9 heteroatoms. The van der Waals surface area contributed by atoms with E-state index in [9.17, 15) is 34.7 Å². The minimum absolute atomic E-state index is 0.128. The van der Waals surface area contributed by atoms with Gasteiger partial charge in [0.05, 0.1) is 11.1 Å². The first-order valence-corrected chi connectivity index (χ1v) is 6.78. The third-order valence-electron chi connectivity index (χ3n) is 3.62. The number of aliphatic hydroxyl groups is 5. The molecule has 0 heterocycles. The first-order chi connectivity index (χ1) is 10.2. The number of carbonyl (C=O) groups excluding carboxylic acids is 1. The quantitative estimate of drug-likeness (QED) is 0.386. The summed E-state index contributed by atoms with van der Waals surface area (Å²) in [5, 5.41) is 50.2. The molecule has 2 rings (SSSR count). The molecule has 122 valence electrons. The third-order valence-corrected chi connectivity index (χ3v) is 3.92. The van der Waals surface area contributed by atoms with Crippen LogP contribution in [-0.4, -0.2) is 68.0 Å². The molecule has 7 nitrogen and oxygen atoms in total. The lowest BCUT2D eigenvalue weighted by molar-refractivity contribution is -0.188. The van der Waals surface area contributed by atoms with E-state index >= 15 is 0 Å². The highest BCUT2D eigenvalue weighted by atomic mass is 35.5. The van der Waals surface area contributed by atoms with E-state index in [1.165, 1.54) is 6.07 Å². The normalized spacial score (nSPS) is 35.2. The van der Waals surface area contributed by atoms with E-state index < -0.39 is 48.3 Å². The lowest BCUT2D eigenvalue weighted by atomic mass is 9.83. The highest BCUT2D eigenvalue weighted by Gasteiger charge is 2.48. The smallest absolute Gasteiger partial charge is 0.251 e. The summed E-state index contributed by atoms with van der Waals surface area (Å²) in [5.41, 5.74) is -0.128. The van der Waals surface area contributed by atoms with Crippen LogP contribution in [0.1, 0.15) is 10.4 Å². The fourth-order valence-electron chi connectivity index (χ4n) is 2.28. The zero-order chi connectivity index (χ0) is 16.6. The molecule has 0 radical (unpaired) electrons. The molecule has 6 N–H and O–H groups in total. The van der Waals surface area contributed by atoms with Gasteiger partial charge in [0.2, 0.25) is 0 Å². The third kappa shape index (κ3) is 3.07. The monoisotopic (exact) mass is 335 g/mol. The Hall–Kier alpha value is -1.29. The zero-order valence-electron chi connectivity index (χ0n) is 11.1. The number of amides is 1. The first-order valence-electron chi connectivity index (χ1n) is 6.40. The summed E-state index contributed by atoms with van der Waals surface area (Å²) in [7, 11) is 0. The molecule has 0 spiro atoms. The molecule has 1 saturated carbocycles. The van der Waals surface area contributed by atoms with Crippen molar-refractivity contribution >= 4 is 17.5 Å². The van der Waals surface area contributed by atoms with Gasteiger partial charge in [-0.05, 0) is 18.2 Å². The highest BCUT2D eigenvalue weighted by molar-refractivity contribution is 6.30. The number of hydrogen-bond donors (Lipinski definition) is 6. The number of halogens is 2. The van der Waals surface area contributed by atoms with E-state index in [1.54, 1.807) is 0 Å². The second kappa shape index (κ2) is 6.45. The Kier molecular flexibility index (Phi) is 5.00. The molecule has 1 aromatic rings. The lowest BCUT2D eigenvalue weighted by Gasteiger charge is -2.42. The molecule has 1 aromatic carbocycles. The summed E-state index contributed by atoms with van der Waals surface area (Å²) in [6, 6.07) is 1.80. The average Bonchev–Trinajstić information content (AvgIpc) is 2.50. The Labute approximate surface area is 129 Å². The number of nitrogens with one attached hydrogen (secondary N) is 1. The topological polar surface area (TPSA) is 130 Å². The van der Waals surface area contributed by atoms with Gasteiger partial charge >= 0.3 is 0 Å². The Morgan fingerprint density at radius 1 is 1.00 bits per heavy atom. The summed E-state index contributed by atoms with van der Waals surface area (Å²) in [4.78, 5) is 12.0. The van der Waals surface area contributed by atoms with Crippen LogP contribution < -0.4 is 5.32 Å². The second-order valence-corrected chi connectivity index (χ2v) is 5.49. The van der Waals surface area contributed by atoms with Crippen LogP contribution in [0.3, 0.4) is 0 Å². The van der Waals surface area contributed by atoms with Crippen LogP contribution in [0.5, 0.6) is 0 Å². The van der Waals surface area contributed by atoms with Crippen LogP contribution >= 0.6 is 11.6 Å². The van der Waals surface area contributed by atoms with Crippen LogP contribution in [0.4, 0.5) is 4.39 Å². The Bertz CT molecular complexity index is 557. The van der Waals surface area contributed by atoms with Crippen LogP contribution in [-0.2, 0) is 0 Å². The number of aliphatic hydroxyl groups excluding tert-OH is 5. The standard InChI is InChI=1S/C13H15ClFNO6/c14-5-2-1-4(3-6(5)15)13(22)16-7-8(17)10(19)12(21)11(20)9(7)18/h1-3,7-12,17-21H,(H,16,22)/t7?,8-,9+,10+,11-,12?. The molecule has 0 aliphatic heterocycles. The average molecular weight is 336 g/mol. The van der Waals surface area contributed by atoms with Crippen molar-refractivity contribution in [2.45, 2.75) is 36.6 Å². The number of carbonyl (C=O) groups is 1. The van der Waals surface area contributed by atoms with Gasteiger partial charge in [-0.2, -0.15) is 0 Å². The molecular formula is C13H15ClFNO6. The molecule has 6 atom stereocenters. The minimum atomic E-state index is -1.76. The van der Waals surface area contributed by atoms with Crippen LogP contribution in [0, 0.1) is 5.82 Å². The van der Waals surface area contributed by atoms with Crippen molar-refractivity contribution in [3.63, 3.8) is 0 Å². The molecule has 1 aliphatic rings. The molecule has 22 heavy (non-hydrogen) atoms. The Morgan fingerprint density at radius 2 is 1.50 bits per heavy atom. The summed E-state index contributed by atoms with van der Waals surface area (Å²) in [6.45, 7) is 0. The zero-order valence-corrected chi connectivity index (χ0v) is 11.9. The van der Waals surface area contributed by atoms with Gasteiger partial charge in [-0.3, -0.25) is 4.79 Å². The Morgan fingerprint density at radius 3 is 2.00 bits per heavy atom. The van der Waals surface area contributed by atoms with E-state index in [4.69, 9.17) is 11.6 Å². The van der Waals surface area contributed by atoms with Crippen molar-refractivity contribution in [1.82, 2.24) is 5.32 Å². The van der Waals surface area contributed by atoms with Crippen molar-refractivity contribution in [3.8, 4) is 0 Å². The summed E-state index contributed by atoms with van der Waals surface area (Å²) < 4.78 is 13.3. The highest BCUT2D eigenvalue weighted by Crippen LogP contribution is 2.22. The van der Waals surface area contributed by atoms with Gasteiger partial charge in [0.1, 0.15) is 36.3 Å². The molecule has 0 bridgehead atoms. The van der Waals surface area contributed by atoms with Crippen LogP contribution in [0.25, 0.3) is 0 Å². The van der Waals surface area contributed by atoms with Crippen LogP contribution in [0.15, 0.2) is 18.2 Å². The van der Waals surface area contributed by atoms with Crippen LogP contribution in [0.2, 0.25) is 5.02 Å². The van der Waals surface area contributed by atoms with Gasteiger partial charge in [0, 0.05) is 5.56 Å². The van der Waals surface area contributed by atoms with Crippen molar-refractivity contribution in [3.05, 3.63) is 34.6 Å². The molecule has 1 amide bonds. The number of hydrogen-bond acceptors (Lipinski definition) is 6. The second-order valence-electron chi connectivity index (χ2n) is 5.08. The first kappa shape index (κ1) is 17.1. The summed E-state index contributed by atoms with van der Waals surface area (Å²) in [5.74, 6) is -1.68. The van der Waals surface area contributed by atoms with Crippen molar-refractivity contribution in [2.75, 3.05) is 0 Å². The fraction of sp³-hybridized carbons (Fsp3) is 0.462. The summed E-state index contributed by atoms with van der Waals surface area (Å²) >= 11 is 5.50. The molecular weight excluding hydrogens is 321 g/mol. The largest absolute Gasteiger partial charge is 0.388 e. The molecule has 0 aromatic heterocycles. The number of rotatable bonds is 2. The van der Waals surface area contributed by atoms with Crippen molar-refractivity contribution < 1.29 is 34.7 Å². The maximum Gasteiger partial charge on any atom is 0.251 e. The van der Waals surface area contributed by atoms with Gasteiger partial charge in [0.25, 0.3) is 5.91 Å². The maximum atomic E-state index is 13.3. The molecule has 0 saturated heterocycles.